The van der Waals surface area contributed by atoms with Crippen LogP contribution in [0, 0.1) is 11.6 Å². The van der Waals surface area contributed by atoms with Crippen LogP contribution in [-0.4, -0.2) is 31.1 Å². The van der Waals surface area contributed by atoms with Crippen LogP contribution in [0.4, 0.5) is 8.78 Å². The molecule has 2 nitrogen and oxygen atoms in total. The van der Waals surface area contributed by atoms with Gasteiger partial charge in [0.2, 0.25) is 0 Å². The van der Waals surface area contributed by atoms with Crippen molar-refractivity contribution in [1.82, 2.24) is 10.2 Å². The SMILES string of the molecule is CCCCC[C@@H](c1c(F)ccc(Cl)c1F)N1CCNCC1. The summed E-state index contributed by atoms with van der Waals surface area (Å²) in [5.74, 6) is -1.09. The Morgan fingerprint density at radius 2 is 1.95 bits per heavy atom. The van der Waals surface area contributed by atoms with Crippen LogP contribution >= 0.6 is 11.6 Å². The van der Waals surface area contributed by atoms with Gasteiger partial charge >= 0.3 is 0 Å². The van der Waals surface area contributed by atoms with Gasteiger partial charge in [-0.05, 0) is 18.6 Å². The van der Waals surface area contributed by atoms with E-state index in [-0.39, 0.29) is 16.6 Å². The Balaban J connectivity index is 2.27. The monoisotopic (exact) mass is 316 g/mol. The van der Waals surface area contributed by atoms with Gasteiger partial charge in [-0.2, -0.15) is 0 Å². The first kappa shape index (κ1) is 16.7. The van der Waals surface area contributed by atoms with Crippen molar-refractivity contribution < 1.29 is 8.78 Å². The fourth-order valence-corrected chi connectivity index (χ4v) is 3.10. The van der Waals surface area contributed by atoms with Gasteiger partial charge in [0.1, 0.15) is 11.6 Å². The van der Waals surface area contributed by atoms with E-state index in [1.807, 2.05) is 0 Å². The molecular weight excluding hydrogens is 294 g/mol. The summed E-state index contributed by atoms with van der Waals surface area (Å²) in [4.78, 5) is 2.17. The van der Waals surface area contributed by atoms with Crippen molar-refractivity contribution in [2.45, 2.75) is 38.6 Å². The first-order valence-corrected chi connectivity index (χ1v) is 8.11. The van der Waals surface area contributed by atoms with E-state index in [1.165, 1.54) is 12.1 Å². The standard InChI is InChI=1S/C16H23ClF2N2/c1-2-3-4-5-14(21-10-8-20-9-11-21)15-13(18)7-6-12(17)16(15)19/h6-7,14,20H,2-5,8-11H2,1H3/t14-/m0/s1. The third-order valence-corrected chi connectivity index (χ3v) is 4.38. The number of rotatable bonds is 6. The van der Waals surface area contributed by atoms with E-state index in [0.717, 1.165) is 51.9 Å². The molecule has 1 atom stereocenters. The predicted octanol–water partition coefficient (Wildman–Crippen LogP) is 4.14. The molecule has 0 saturated carbocycles. The van der Waals surface area contributed by atoms with Crippen molar-refractivity contribution >= 4 is 11.6 Å². The number of piperazine rings is 1. The van der Waals surface area contributed by atoms with Gasteiger partial charge in [-0.1, -0.05) is 37.8 Å². The molecule has 118 valence electrons. The van der Waals surface area contributed by atoms with Crippen LogP contribution in [0.5, 0.6) is 0 Å². The Morgan fingerprint density at radius 1 is 1.24 bits per heavy atom. The van der Waals surface area contributed by atoms with Gasteiger partial charge in [0.15, 0.2) is 0 Å². The highest BCUT2D eigenvalue weighted by Gasteiger charge is 2.28. The largest absolute Gasteiger partial charge is 0.314 e. The molecule has 1 aliphatic heterocycles. The van der Waals surface area contributed by atoms with Crippen molar-refractivity contribution in [2.75, 3.05) is 26.2 Å². The number of halogens is 3. The summed E-state index contributed by atoms with van der Waals surface area (Å²) in [7, 11) is 0. The number of unbranched alkanes of at least 4 members (excludes halogenated alkanes) is 2. The minimum absolute atomic E-state index is 0.00188. The van der Waals surface area contributed by atoms with Gasteiger partial charge in [-0.15, -0.1) is 0 Å². The molecule has 0 aliphatic carbocycles. The Hall–Kier alpha value is -0.710. The zero-order valence-corrected chi connectivity index (χ0v) is 13.2. The second-order valence-corrected chi connectivity index (χ2v) is 5.96. The number of nitrogens with one attached hydrogen (secondary N) is 1. The molecule has 0 aromatic heterocycles. The molecule has 0 unspecified atom stereocenters. The second kappa shape index (κ2) is 8.06. The van der Waals surface area contributed by atoms with Gasteiger partial charge in [-0.25, -0.2) is 8.78 Å². The van der Waals surface area contributed by atoms with E-state index in [9.17, 15) is 8.78 Å². The smallest absolute Gasteiger partial charge is 0.149 e. The molecule has 1 aliphatic rings. The van der Waals surface area contributed by atoms with Gasteiger partial charge in [-0.3, -0.25) is 4.90 Å². The summed E-state index contributed by atoms with van der Waals surface area (Å²) in [6.45, 7) is 5.45. The number of hydrogen-bond acceptors (Lipinski definition) is 2. The summed E-state index contributed by atoms with van der Waals surface area (Å²) in [6, 6.07) is 2.34. The summed E-state index contributed by atoms with van der Waals surface area (Å²) >= 11 is 5.86. The van der Waals surface area contributed by atoms with E-state index in [0.29, 0.717) is 0 Å². The number of nitrogens with zero attached hydrogens (tertiary/aromatic N) is 1. The highest BCUT2D eigenvalue weighted by molar-refractivity contribution is 6.30. The molecule has 1 saturated heterocycles. The van der Waals surface area contributed by atoms with Crippen LogP contribution in [0.2, 0.25) is 5.02 Å². The van der Waals surface area contributed by atoms with Crippen LogP contribution < -0.4 is 5.32 Å². The van der Waals surface area contributed by atoms with Crippen molar-refractivity contribution in [2.24, 2.45) is 0 Å². The van der Waals surface area contributed by atoms with Crippen molar-refractivity contribution in [3.63, 3.8) is 0 Å². The third kappa shape index (κ3) is 4.15. The summed E-state index contributed by atoms with van der Waals surface area (Å²) in [5.41, 5.74) is 0.139. The van der Waals surface area contributed by atoms with E-state index in [2.05, 4.69) is 17.1 Å². The fourth-order valence-electron chi connectivity index (χ4n) is 2.94. The van der Waals surface area contributed by atoms with Gasteiger partial charge in [0.25, 0.3) is 0 Å². The van der Waals surface area contributed by atoms with Crippen molar-refractivity contribution in [3.8, 4) is 0 Å². The number of benzene rings is 1. The minimum atomic E-state index is -0.600. The quantitative estimate of drug-likeness (QED) is 0.626. The maximum absolute atomic E-state index is 14.4. The lowest BCUT2D eigenvalue weighted by atomic mass is 9.97. The predicted molar refractivity (Wildman–Crippen MR) is 82.7 cm³/mol. The second-order valence-electron chi connectivity index (χ2n) is 5.55. The average Bonchev–Trinajstić information content (AvgIpc) is 2.51. The zero-order chi connectivity index (χ0) is 15.2. The lowest BCUT2D eigenvalue weighted by molar-refractivity contribution is 0.156. The van der Waals surface area contributed by atoms with Crippen LogP contribution in [-0.2, 0) is 0 Å². The molecule has 0 bridgehead atoms. The van der Waals surface area contributed by atoms with Crippen LogP contribution in [0.1, 0.15) is 44.2 Å². The fraction of sp³-hybridized carbons (Fsp3) is 0.625. The zero-order valence-electron chi connectivity index (χ0n) is 12.5. The molecular formula is C16H23ClF2N2. The Labute approximate surface area is 130 Å². The molecule has 1 aromatic rings. The van der Waals surface area contributed by atoms with Crippen LogP contribution in [0.25, 0.3) is 0 Å². The first-order chi connectivity index (χ1) is 10.1. The van der Waals surface area contributed by atoms with E-state index in [4.69, 9.17) is 11.6 Å². The molecule has 1 fully saturated rings. The maximum Gasteiger partial charge on any atom is 0.149 e. The Kier molecular flexibility index (Phi) is 6.40. The molecule has 1 aromatic carbocycles. The topological polar surface area (TPSA) is 15.3 Å². The minimum Gasteiger partial charge on any atom is -0.314 e. The lowest BCUT2D eigenvalue weighted by Crippen LogP contribution is -2.45. The molecule has 0 spiro atoms. The number of hydrogen-bond donors (Lipinski definition) is 1. The summed E-state index contributed by atoms with van der Waals surface area (Å²) in [5, 5.41) is 3.28. The first-order valence-electron chi connectivity index (χ1n) is 7.73. The average molecular weight is 317 g/mol. The summed E-state index contributed by atoms with van der Waals surface area (Å²) < 4.78 is 28.6. The third-order valence-electron chi connectivity index (χ3n) is 4.09. The van der Waals surface area contributed by atoms with Crippen molar-refractivity contribution in [3.05, 3.63) is 34.4 Å². The highest BCUT2D eigenvalue weighted by atomic mass is 35.5. The molecule has 1 heterocycles. The van der Waals surface area contributed by atoms with E-state index in [1.54, 1.807) is 0 Å². The molecule has 1 N–H and O–H groups in total. The molecule has 2 rings (SSSR count). The van der Waals surface area contributed by atoms with Crippen LogP contribution in [0.15, 0.2) is 12.1 Å². The molecule has 21 heavy (non-hydrogen) atoms. The highest BCUT2D eigenvalue weighted by Crippen LogP contribution is 2.33. The maximum atomic E-state index is 14.4. The van der Waals surface area contributed by atoms with Gasteiger partial charge in [0, 0.05) is 37.8 Å². The van der Waals surface area contributed by atoms with Gasteiger partial charge in [0.05, 0.1) is 5.02 Å². The lowest BCUT2D eigenvalue weighted by Gasteiger charge is -2.35. The normalized spacial score (nSPS) is 17.9. The Morgan fingerprint density at radius 3 is 2.62 bits per heavy atom. The molecule has 0 amide bonds. The Bertz CT molecular complexity index is 462. The van der Waals surface area contributed by atoms with Gasteiger partial charge < -0.3 is 5.32 Å². The molecule has 5 heteroatoms. The molecule has 0 radical (unpaired) electrons. The van der Waals surface area contributed by atoms with Crippen LogP contribution in [0.3, 0.4) is 0 Å². The summed E-state index contributed by atoms with van der Waals surface area (Å²) in [6.07, 6.45) is 3.90. The van der Waals surface area contributed by atoms with E-state index >= 15 is 0 Å². The van der Waals surface area contributed by atoms with Crippen molar-refractivity contribution in [1.29, 1.82) is 0 Å². The van der Waals surface area contributed by atoms with E-state index < -0.39 is 11.6 Å².